The van der Waals surface area contributed by atoms with Gasteiger partial charge in [0.25, 0.3) is 0 Å². The summed E-state index contributed by atoms with van der Waals surface area (Å²) < 4.78 is 29.3. The molecular weight excluding hydrogens is 286 g/mol. The molecule has 1 aromatic carbocycles. The van der Waals surface area contributed by atoms with Gasteiger partial charge in [0.2, 0.25) is 0 Å². The van der Waals surface area contributed by atoms with Crippen LogP contribution in [0.5, 0.6) is 0 Å². The Morgan fingerprint density at radius 3 is 2.38 bits per heavy atom. The highest BCUT2D eigenvalue weighted by Crippen LogP contribution is 2.33. The van der Waals surface area contributed by atoms with E-state index < -0.39 is 9.84 Å². The molecule has 1 fully saturated rings. The molecule has 0 aliphatic heterocycles. The first-order valence-electron chi connectivity index (χ1n) is 7.37. The Bertz CT molecular complexity index is 669. The molecule has 0 unspecified atom stereocenters. The van der Waals surface area contributed by atoms with Crippen LogP contribution in [-0.4, -0.2) is 13.6 Å². The van der Waals surface area contributed by atoms with Crippen LogP contribution in [0.15, 0.2) is 46.0 Å². The quantitative estimate of drug-likeness (QED) is 0.864. The van der Waals surface area contributed by atoms with Crippen LogP contribution in [0.1, 0.15) is 49.3 Å². The zero-order valence-corrected chi connectivity index (χ0v) is 12.7. The van der Waals surface area contributed by atoms with Crippen LogP contribution < -0.4 is 0 Å². The number of hydrogen-bond acceptors (Lipinski definition) is 4. The van der Waals surface area contributed by atoms with Crippen molar-refractivity contribution in [3.63, 3.8) is 0 Å². The van der Waals surface area contributed by atoms with Gasteiger partial charge in [0.1, 0.15) is 12.0 Å². The molecule has 1 aromatic heterocycles. The summed E-state index contributed by atoms with van der Waals surface area (Å²) in [5, 5.41) is 3.66. The van der Waals surface area contributed by atoms with E-state index in [4.69, 9.17) is 0 Å². The van der Waals surface area contributed by atoms with Gasteiger partial charge in [0, 0.05) is 6.07 Å². The standard InChI is InChI=1S/C16H19NO3S/c18-21(19,12-15-10-11-20-17-15)16-8-6-14(7-9-16)13-4-2-1-3-5-13/h6-11,13H,1-5,12H2. The molecule has 0 spiro atoms. The van der Waals surface area contributed by atoms with Crippen molar-refractivity contribution in [2.75, 3.05) is 0 Å². The maximum atomic E-state index is 12.3. The van der Waals surface area contributed by atoms with Gasteiger partial charge in [0.15, 0.2) is 9.84 Å². The van der Waals surface area contributed by atoms with Gasteiger partial charge in [-0.05, 0) is 36.5 Å². The topological polar surface area (TPSA) is 60.2 Å². The predicted octanol–water partition coefficient (Wildman–Crippen LogP) is 3.70. The lowest BCUT2D eigenvalue weighted by atomic mass is 9.84. The van der Waals surface area contributed by atoms with Crippen LogP contribution in [0.2, 0.25) is 0 Å². The monoisotopic (exact) mass is 305 g/mol. The molecule has 0 atom stereocenters. The van der Waals surface area contributed by atoms with Crippen molar-refractivity contribution in [3.05, 3.63) is 47.9 Å². The van der Waals surface area contributed by atoms with Gasteiger partial charge in [0.05, 0.1) is 10.6 Å². The number of hydrogen-bond donors (Lipinski definition) is 0. The summed E-state index contributed by atoms with van der Waals surface area (Å²) in [6.07, 6.45) is 7.68. The van der Waals surface area contributed by atoms with Gasteiger partial charge in [-0.3, -0.25) is 0 Å². The molecule has 21 heavy (non-hydrogen) atoms. The smallest absolute Gasteiger partial charge is 0.184 e. The summed E-state index contributed by atoms with van der Waals surface area (Å²) in [4.78, 5) is 0.352. The lowest BCUT2D eigenvalue weighted by molar-refractivity contribution is 0.413. The highest BCUT2D eigenvalue weighted by molar-refractivity contribution is 7.90. The summed E-state index contributed by atoms with van der Waals surface area (Å²) in [5.74, 6) is 0.470. The zero-order valence-electron chi connectivity index (χ0n) is 11.9. The molecule has 1 aliphatic rings. The van der Waals surface area contributed by atoms with Crippen molar-refractivity contribution in [2.45, 2.75) is 48.7 Å². The normalized spacial score (nSPS) is 17.0. The maximum Gasteiger partial charge on any atom is 0.184 e. The second-order valence-corrected chi connectivity index (χ2v) is 7.64. The van der Waals surface area contributed by atoms with Crippen LogP contribution in [0.3, 0.4) is 0 Å². The Morgan fingerprint density at radius 2 is 1.76 bits per heavy atom. The van der Waals surface area contributed by atoms with Gasteiger partial charge < -0.3 is 4.52 Å². The fourth-order valence-electron chi connectivity index (χ4n) is 2.97. The average molecular weight is 305 g/mol. The van der Waals surface area contributed by atoms with Gasteiger partial charge in [-0.1, -0.05) is 36.6 Å². The molecule has 1 heterocycles. The van der Waals surface area contributed by atoms with E-state index >= 15 is 0 Å². The van der Waals surface area contributed by atoms with Gasteiger partial charge in [-0.15, -0.1) is 0 Å². The van der Waals surface area contributed by atoms with Crippen LogP contribution >= 0.6 is 0 Å². The van der Waals surface area contributed by atoms with Crippen LogP contribution in [0.4, 0.5) is 0 Å². The second-order valence-electron chi connectivity index (χ2n) is 5.65. The second kappa shape index (κ2) is 6.02. The molecule has 112 valence electrons. The highest BCUT2D eigenvalue weighted by Gasteiger charge is 2.19. The molecule has 3 rings (SSSR count). The van der Waals surface area contributed by atoms with E-state index in [2.05, 4.69) is 9.68 Å². The van der Waals surface area contributed by atoms with Gasteiger partial charge in [-0.25, -0.2) is 8.42 Å². The van der Waals surface area contributed by atoms with Gasteiger partial charge >= 0.3 is 0 Å². The maximum absolute atomic E-state index is 12.3. The minimum absolute atomic E-state index is 0.119. The third kappa shape index (κ3) is 3.35. The Morgan fingerprint density at radius 1 is 1.05 bits per heavy atom. The SMILES string of the molecule is O=S(=O)(Cc1ccon1)c1ccc(C2CCCCC2)cc1. The molecule has 5 heteroatoms. The minimum atomic E-state index is -3.35. The molecule has 1 aliphatic carbocycles. The van der Waals surface area contributed by atoms with Crippen molar-refractivity contribution in [1.29, 1.82) is 0 Å². The van der Waals surface area contributed by atoms with E-state index in [1.807, 2.05) is 12.1 Å². The average Bonchev–Trinajstić information content (AvgIpc) is 3.00. The Labute approximate surface area is 125 Å². The molecule has 0 radical (unpaired) electrons. The van der Waals surface area contributed by atoms with E-state index in [9.17, 15) is 8.42 Å². The summed E-state index contributed by atoms with van der Waals surface area (Å²) in [6, 6.07) is 8.95. The van der Waals surface area contributed by atoms with Crippen molar-refractivity contribution in [1.82, 2.24) is 5.16 Å². The summed E-state index contributed by atoms with van der Waals surface area (Å²) >= 11 is 0. The first-order valence-corrected chi connectivity index (χ1v) is 9.02. The molecule has 0 amide bonds. The number of benzene rings is 1. The van der Waals surface area contributed by atoms with Crippen LogP contribution in [-0.2, 0) is 15.6 Å². The van der Waals surface area contributed by atoms with Crippen molar-refractivity contribution in [3.8, 4) is 0 Å². The van der Waals surface area contributed by atoms with E-state index in [1.165, 1.54) is 43.9 Å². The minimum Gasteiger partial charge on any atom is -0.364 e. The number of sulfone groups is 1. The molecule has 1 saturated carbocycles. The summed E-state index contributed by atoms with van der Waals surface area (Å²) in [5.41, 5.74) is 1.70. The van der Waals surface area contributed by atoms with E-state index in [1.54, 1.807) is 18.2 Å². The first-order chi connectivity index (χ1) is 10.1. The van der Waals surface area contributed by atoms with Crippen LogP contribution in [0, 0.1) is 0 Å². The molecule has 0 bridgehead atoms. The van der Waals surface area contributed by atoms with Crippen molar-refractivity contribution < 1.29 is 12.9 Å². The number of aromatic nitrogens is 1. The fourth-order valence-corrected chi connectivity index (χ4v) is 4.23. The molecule has 0 N–H and O–H groups in total. The third-order valence-electron chi connectivity index (χ3n) is 4.14. The molecule has 2 aromatic rings. The van der Waals surface area contributed by atoms with Crippen molar-refractivity contribution >= 4 is 9.84 Å². The summed E-state index contributed by atoms with van der Waals surface area (Å²) in [7, 11) is -3.35. The molecule has 4 nitrogen and oxygen atoms in total. The lowest BCUT2D eigenvalue weighted by Crippen LogP contribution is -2.07. The van der Waals surface area contributed by atoms with E-state index in [0.29, 0.717) is 16.5 Å². The molecular formula is C16H19NO3S. The highest BCUT2D eigenvalue weighted by atomic mass is 32.2. The van der Waals surface area contributed by atoms with E-state index in [-0.39, 0.29) is 5.75 Å². The lowest BCUT2D eigenvalue weighted by Gasteiger charge is -2.22. The predicted molar refractivity (Wildman–Crippen MR) is 79.7 cm³/mol. The largest absolute Gasteiger partial charge is 0.364 e. The first kappa shape index (κ1) is 14.3. The Hall–Kier alpha value is -1.62. The van der Waals surface area contributed by atoms with Crippen LogP contribution in [0.25, 0.3) is 0 Å². The Kier molecular flexibility index (Phi) is 4.10. The van der Waals surface area contributed by atoms with Gasteiger partial charge in [-0.2, -0.15) is 0 Å². The number of nitrogens with zero attached hydrogens (tertiary/aromatic N) is 1. The summed E-state index contributed by atoms with van der Waals surface area (Å²) in [6.45, 7) is 0. The third-order valence-corrected chi connectivity index (χ3v) is 5.81. The number of rotatable bonds is 4. The zero-order chi connectivity index (χ0) is 14.7. The fraction of sp³-hybridized carbons (Fsp3) is 0.438. The van der Waals surface area contributed by atoms with E-state index in [0.717, 1.165) is 0 Å². The molecule has 0 saturated heterocycles. The Balaban J connectivity index is 1.76. The van der Waals surface area contributed by atoms with Crippen molar-refractivity contribution in [2.24, 2.45) is 0 Å².